The Hall–Kier alpha value is -3.36. The third kappa shape index (κ3) is 4.34. The predicted octanol–water partition coefficient (Wildman–Crippen LogP) is 3.87. The third-order valence-corrected chi connectivity index (χ3v) is 10.9. The van der Waals surface area contributed by atoms with Crippen molar-refractivity contribution >= 4 is 35.2 Å². The number of para-hydroxylation sites is 1. The minimum atomic E-state index is -0.899. The maximum atomic E-state index is 14.7. The van der Waals surface area contributed by atoms with Crippen molar-refractivity contribution in [3.63, 3.8) is 0 Å². The second-order valence-corrected chi connectivity index (χ2v) is 13.6. The van der Waals surface area contributed by atoms with Crippen LogP contribution < -0.4 is 4.90 Å². The second kappa shape index (κ2) is 10.5. The molecule has 0 bridgehead atoms. The maximum absolute atomic E-state index is 14.7. The molecule has 0 saturated carbocycles. The van der Waals surface area contributed by atoms with Crippen LogP contribution in [0.25, 0.3) is 0 Å². The Morgan fingerprint density at radius 3 is 2.29 bits per heavy atom. The molecule has 214 valence electrons. The normalized spacial score (nSPS) is 30.8. The number of rotatable bonds is 6. The van der Waals surface area contributed by atoms with E-state index in [4.69, 9.17) is 0 Å². The van der Waals surface area contributed by atoms with Gasteiger partial charge in [-0.3, -0.25) is 14.4 Å². The molecule has 2 saturated heterocycles. The van der Waals surface area contributed by atoms with E-state index in [1.165, 1.54) is 0 Å². The topological polar surface area (TPSA) is 81.2 Å². The van der Waals surface area contributed by atoms with E-state index in [-0.39, 0.29) is 30.9 Å². The van der Waals surface area contributed by atoms with Gasteiger partial charge in [0.05, 0.1) is 16.6 Å². The first-order valence-electron chi connectivity index (χ1n) is 14.4. The second-order valence-electron chi connectivity index (χ2n) is 11.8. The fraction of sp³-hybridized carbons (Fsp3) is 0.424. The summed E-state index contributed by atoms with van der Waals surface area (Å²) in [5.74, 6) is -1.66. The molecule has 41 heavy (non-hydrogen) atoms. The lowest BCUT2D eigenvalue weighted by Crippen LogP contribution is -2.54. The van der Waals surface area contributed by atoms with Gasteiger partial charge in [-0.2, -0.15) is 0 Å². The number of aliphatic hydroxyl groups excluding tert-OH is 1. The molecule has 0 aromatic heterocycles. The SMILES string of the molecule is Cc1cccc(C)c1N1CC=C[C@]23S[C@]4(C)C=CCN(Cc5ccccc5)C(=O)[C@@H]4[C@H]2C(=O)N(CCCO)C3C1=O. The number of benzene rings is 2. The van der Waals surface area contributed by atoms with Crippen LogP contribution in [-0.4, -0.2) is 74.4 Å². The molecule has 2 aromatic carbocycles. The van der Waals surface area contributed by atoms with Crippen LogP contribution in [0.3, 0.4) is 0 Å². The van der Waals surface area contributed by atoms with Gasteiger partial charge in [-0.15, -0.1) is 11.8 Å². The average molecular weight is 572 g/mol. The Morgan fingerprint density at radius 2 is 1.59 bits per heavy atom. The van der Waals surface area contributed by atoms with Crippen molar-refractivity contribution < 1.29 is 19.5 Å². The van der Waals surface area contributed by atoms with Crippen LogP contribution in [-0.2, 0) is 20.9 Å². The fourth-order valence-corrected chi connectivity index (χ4v) is 9.59. The molecule has 2 fully saturated rings. The molecule has 4 aliphatic rings. The number of carbonyl (C=O) groups is 3. The predicted molar refractivity (Wildman–Crippen MR) is 161 cm³/mol. The number of nitrogens with zero attached hydrogens (tertiary/aromatic N) is 3. The van der Waals surface area contributed by atoms with Crippen molar-refractivity contribution in [1.29, 1.82) is 0 Å². The molecule has 6 rings (SSSR count). The quantitative estimate of drug-likeness (QED) is 0.533. The summed E-state index contributed by atoms with van der Waals surface area (Å²) in [5.41, 5.74) is 3.89. The van der Waals surface area contributed by atoms with Gasteiger partial charge >= 0.3 is 0 Å². The molecule has 7 nitrogen and oxygen atoms in total. The molecule has 2 aromatic rings. The molecular weight excluding hydrogens is 534 g/mol. The van der Waals surface area contributed by atoms with Gasteiger partial charge in [-0.05, 0) is 43.9 Å². The van der Waals surface area contributed by atoms with E-state index in [9.17, 15) is 19.5 Å². The number of amides is 3. The molecule has 1 unspecified atom stereocenters. The molecule has 4 heterocycles. The minimum Gasteiger partial charge on any atom is -0.396 e. The summed E-state index contributed by atoms with van der Waals surface area (Å²) >= 11 is 1.59. The van der Waals surface area contributed by atoms with Gasteiger partial charge in [-0.1, -0.05) is 72.8 Å². The number of fused-ring (bicyclic) bond motifs is 2. The molecule has 8 heteroatoms. The van der Waals surface area contributed by atoms with Gasteiger partial charge in [0.25, 0.3) is 5.91 Å². The first-order valence-corrected chi connectivity index (χ1v) is 15.2. The average Bonchev–Trinajstić information content (AvgIpc) is 3.22. The highest BCUT2D eigenvalue weighted by molar-refractivity contribution is 8.02. The van der Waals surface area contributed by atoms with Crippen molar-refractivity contribution in [3.05, 3.63) is 89.5 Å². The highest BCUT2D eigenvalue weighted by atomic mass is 32.2. The van der Waals surface area contributed by atoms with Crippen molar-refractivity contribution in [3.8, 4) is 0 Å². The number of aryl methyl sites for hydroxylation is 2. The number of aliphatic hydroxyl groups is 1. The van der Waals surface area contributed by atoms with Crippen LogP contribution in [0.15, 0.2) is 72.8 Å². The van der Waals surface area contributed by atoms with E-state index in [0.29, 0.717) is 26.1 Å². The molecule has 4 aliphatic heterocycles. The van der Waals surface area contributed by atoms with Crippen molar-refractivity contribution in [2.75, 3.05) is 31.1 Å². The lowest BCUT2D eigenvalue weighted by Gasteiger charge is -2.37. The van der Waals surface area contributed by atoms with Crippen LogP contribution in [0, 0.1) is 25.7 Å². The highest BCUT2D eigenvalue weighted by Gasteiger charge is 2.73. The smallest absolute Gasteiger partial charge is 0.251 e. The molecule has 0 radical (unpaired) electrons. The van der Waals surface area contributed by atoms with Gasteiger partial charge in [0.2, 0.25) is 11.8 Å². The van der Waals surface area contributed by atoms with E-state index >= 15 is 0 Å². The number of hydrogen-bond donors (Lipinski definition) is 1. The number of hydrogen-bond acceptors (Lipinski definition) is 5. The first-order chi connectivity index (χ1) is 19.7. The molecule has 5 atom stereocenters. The Kier molecular flexibility index (Phi) is 7.10. The van der Waals surface area contributed by atoms with Crippen LogP contribution in [0.2, 0.25) is 0 Å². The van der Waals surface area contributed by atoms with Crippen LogP contribution in [0.4, 0.5) is 5.69 Å². The van der Waals surface area contributed by atoms with E-state index in [1.807, 2.05) is 86.4 Å². The lowest BCUT2D eigenvalue weighted by molar-refractivity contribution is -0.144. The molecule has 1 spiro atoms. The summed E-state index contributed by atoms with van der Waals surface area (Å²) < 4.78 is -1.55. The number of thioether (sulfide) groups is 1. The summed E-state index contributed by atoms with van der Waals surface area (Å²) in [5, 5.41) is 9.69. The van der Waals surface area contributed by atoms with Crippen LogP contribution in [0.1, 0.15) is 30.0 Å². The van der Waals surface area contributed by atoms with E-state index < -0.39 is 27.4 Å². The minimum absolute atomic E-state index is 0.0523. The van der Waals surface area contributed by atoms with E-state index in [1.54, 1.807) is 21.6 Å². The van der Waals surface area contributed by atoms with Gasteiger partial charge in [0, 0.05) is 43.2 Å². The van der Waals surface area contributed by atoms with E-state index in [2.05, 4.69) is 12.2 Å². The van der Waals surface area contributed by atoms with Crippen molar-refractivity contribution in [2.24, 2.45) is 11.8 Å². The van der Waals surface area contributed by atoms with Crippen LogP contribution in [0.5, 0.6) is 0 Å². The zero-order valence-electron chi connectivity index (χ0n) is 23.8. The summed E-state index contributed by atoms with van der Waals surface area (Å²) in [4.78, 5) is 48.8. The zero-order chi connectivity index (χ0) is 28.9. The standard InChI is InChI=1S/C33H37N3O4S/c1-22-11-7-12-23(2)27(22)35-18-9-16-33-26(30(39)36(19-10-20-37)28(33)31(35)40)25-29(38)34(17-8-15-32(25,3)41-33)21-24-13-5-4-6-14-24/h4-9,11-16,25-26,28,37H,10,17-21H2,1-3H3/t25-,26-,28?,32+,33-/m0/s1. The van der Waals surface area contributed by atoms with E-state index in [0.717, 1.165) is 22.4 Å². The lowest BCUT2D eigenvalue weighted by atomic mass is 9.74. The van der Waals surface area contributed by atoms with Crippen molar-refractivity contribution in [2.45, 2.75) is 49.3 Å². The molecule has 3 amide bonds. The van der Waals surface area contributed by atoms with Gasteiger partial charge in [-0.25, -0.2) is 0 Å². The van der Waals surface area contributed by atoms with Crippen LogP contribution >= 0.6 is 11.8 Å². The number of anilines is 1. The summed E-state index contributed by atoms with van der Waals surface area (Å²) in [6, 6.07) is 15.1. The fourth-order valence-electron chi connectivity index (χ4n) is 7.43. The van der Waals surface area contributed by atoms with Crippen molar-refractivity contribution in [1.82, 2.24) is 9.80 Å². The Balaban J connectivity index is 1.44. The van der Waals surface area contributed by atoms with Gasteiger partial charge < -0.3 is 19.8 Å². The highest BCUT2D eigenvalue weighted by Crippen LogP contribution is 2.65. The van der Waals surface area contributed by atoms with Gasteiger partial charge in [0.15, 0.2) is 0 Å². The number of carbonyl (C=O) groups excluding carboxylic acids is 3. The Morgan fingerprint density at radius 1 is 0.878 bits per heavy atom. The maximum Gasteiger partial charge on any atom is 0.251 e. The van der Waals surface area contributed by atoms with Gasteiger partial charge in [0.1, 0.15) is 6.04 Å². The Bertz CT molecular complexity index is 1420. The third-order valence-electron chi connectivity index (χ3n) is 9.12. The molecular formula is C33H37N3O4S. The summed E-state index contributed by atoms with van der Waals surface area (Å²) in [6.07, 6.45) is 8.56. The zero-order valence-corrected chi connectivity index (χ0v) is 24.6. The molecule has 0 aliphatic carbocycles. The summed E-state index contributed by atoms with van der Waals surface area (Å²) in [7, 11) is 0. The largest absolute Gasteiger partial charge is 0.396 e. The first kappa shape index (κ1) is 27.8. The Labute approximate surface area is 245 Å². The summed E-state index contributed by atoms with van der Waals surface area (Å²) in [6.45, 7) is 7.55. The monoisotopic (exact) mass is 571 g/mol. The number of likely N-dealkylation sites (tertiary alicyclic amines) is 1. The molecule has 1 N–H and O–H groups in total.